The summed E-state index contributed by atoms with van der Waals surface area (Å²) in [6.45, 7) is 22.8. The SMILES string of the molecule is CSc1nc(O[Si](C)(C)C(C)(C)C)n2nc(C(=O)Oc3ccccc3)c(C3(CO[Si](C)(C)C(C)(C)C)CCCCC3)c2n1. The number of hydrogen-bond acceptors (Lipinski definition) is 8. The molecule has 0 unspecified atom stereocenters. The maximum atomic E-state index is 14.0. The van der Waals surface area contributed by atoms with E-state index in [0.717, 1.165) is 37.7 Å². The van der Waals surface area contributed by atoms with Crippen molar-refractivity contribution in [3.63, 3.8) is 0 Å². The number of esters is 1. The molecular weight excluding hydrogens is 593 g/mol. The third-order valence-electron chi connectivity index (χ3n) is 9.77. The van der Waals surface area contributed by atoms with E-state index in [0.29, 0.717) is 29.2 Å². The van der Waals surface area contributed by atoms with Crippen molar-refractivity contribution in [2.45, 2.75) is 120 Å². The molecule has 0 bridgehead atoms. The summed E-state index contributed by atoms with van der Waals surface area (Å²) < 4.78 is 21.3. The van der Waals surface area contributed by atoms with Gasteiger partial charge in [0.2, 0.25) is 0 Å². The smallest absolute Gasteiger partial charge is 0.364 e. The summed E-state index contributed by atoms with van der Waals surface area (Å²) in [6.07, 6.45) is 6.95. The topological polar surface area (TPSA) is 87.8 Å². The predicted molar refractivity (Wildman–Crippen MR) is 180 cm³/mol. The number of aromatic nitrogens is 4. The molecule has 1 aromatic carbocycles. The first kappa shape index (κ1) is 33.7. The van der Waals surface area contributed by atoms with Crippen LogP contribution in [0.25, 0.3) is 5.65 Å². The molecular formula is C32H50N4O4SSi2. The number of carbonyl (C=O) groups excluding carboxylic acids is 1. The van der Waals surface area contributed by atoms with Gasteiger partial charge >= 0.3 is 12.0 Å². The summed E-state index contributed by atoms with van der Waals surface area (Å²) in [6, 6.07) is 9.53. The second-order valence-corrected chi connectivity index (χ2v) is 25.2. The number of carbonyl (C=O) groups is 1. The highest BCUT2D eigenvalue weighted by Gasteiger charge is 2.46. The molecule has 4 rings (SSSR count). The lowest BCUT2D eigenvalue weighted by Gasteiger charge is -2.43. The minimum atomic E-state index is -2.31. The van der Waals surface area contributed by atoms with Crippen LogP contribution >= 0.6 is 11.8 Å². The maximum Gasteiger partial charge on any atom is 0.364 e. The molecule has 236 valence electrons. The zero-order valence-corrected chi connectivity index (χ0v) is 30.8. The lowest BCUT2D eigenvalue weighted by Crippen LogP contribution is -2.46. The second kappa shape index (κ2) is 12.3. The van der Waals surface area contributed by atoms with Crippen molar-refractivity contribution < 1.29 is 18.4 Å². The fraction of sp³-hybridized carbons (Fsp3) is 0.625. The predicted octanol–water partition coefficient (Wildman–Crippen LogP) is 8.67. The Morgan fingerprint density at radius 1 is 0.930 bits per heavy atom. The Morgan fingerprint density at radius 2 is 1.53 bits per heavy atom. The molecule has 0 amide bonds. The van der Waals surface area contributed by atoms with Gasteiger partial charge in [0.1, 0.15) is 5.75 Å². The number of nitrogens with zero attached hydrogens (tertiary/aromatic N) is 4. The third-order valence-corrected chi connectivity index (χ3v) is 19.1. The minimum absolute atomic E-state index is 0.0530. The Hall–Kier alpha value is -2.22. The van der Waals surface area contributed by atoms with Gasteiger partial charge < -0.3 is 13.6 Å². The Bertz CT molecular complexity index is 1440. The van der Waals surface area contributed by atoms with Gasteiger partial charge in [-0.25, -0.2) is 9.78 Å². The van der Waals surface area contributed by atoms with Crippen LogP contribution < -0.4 is 9.16 Å². The van der Waals surface area contributed by atoms with E-state index in [1.165, 1.54) is 11.8 Å². The highest BCUT2D eigenvalue weighted by molar-refractivity contribution is 7.98. The number of fused-ring (bicyclic) bond motifs is 1. The molecule has 11 heteroatoms. The van der Waals surface area contributed by atoms with Gasteiger partial charge in [0, 0.05) is 17.6 Å². The summed E-state index contributed by atoms with van der Waals surface area (Å²) in [5, 5.41) is 5.50. The van der Waals surface area contributed by atoms with Crippen LogP contribution in [0.3, 0.4) is 0 Å². The maximum absolute atomic E-state index is 14.0. The molecule has 8 nitrogen and oxygen atoms in total. The number of para-hydroxylation sites is 1. The molecule has 1 saturated carbocycles. The number of thioether (sulfide) groups is 1. The van der Waals surface area contributed by atoms with Crippen LogP contribution in [0.4, 0.5) is 0 Å². The third kappa shape index (κ3) is 7.05. The average molecular weight is 643 g/mol. The van der Waals surface area contributed by atoms with Crippen LogP contribution in [0.2, 0.25) is 36.3 Å². The molecule has 0 spiro atoms. The normalized spacial score (nSPS) is 16.3. The van der Waals surface area contributed by atoms with Crippen LogP contribution in [0, 0.1) is 0 Å². The van der Waals surface area contributed by atoms with Gasteiger partial charge in [-0.3, -0.25) is 0 Å². The summed E-state index contributed by atoms with van der Waals surface area (Å²) >= 11 is 1.46. The Morgan fingerprint density at radius 3 is 2.09 bits per heavy atom. The van der Waals surface area contributed by atoms with E-state index in [4.69, 9.17) is 28.7 Å². The van der Waals surface area contributed by atoms with Gasteiger partial charge in [-0.2, -0.15) is 14.6 Å². The van der Waals surface area contributed by atoms with Gasteiger partial charge in [0.25, 0.3) is 8.32 Å². The molecule has 3 aromatic rings. The molecule has 0 saturated heterocycles. The fourth-order valence-corrected chi connectivity index (χ4v) is 7.25. The van der Waals surface area contributed by atoms with Crippen LogP contribution in [-0.4, -0.2) is 55.0 Å². The average Bonchev–Trinajstić information content (AvgIpc) is 3.32. The van der Waals surface area contributed by atoms with E-state index < -0.39 is 28.0 Å². The van der Waals surface area contributed by atoms with Crippen LogP contribution in [-0.2, 0) is 9.84 Å². The first-order valence-electron chi connectivity index (χ1n) is 15.4. The summed E-state index contributed by atoms with van der Waals surface area (Å²) in [7, 11) is -4.41. The monoisotopic (exact) mass is 642 g/mol. The van der Waals surface area contributed by atoms with E-state index in [9.17, 15) is 4.79 Å². The summed E-state index contributed by atoms with van der Waals surface area (Å²) in [4.78, 5) is 23.8. The van der Waals surface area contributed by atoms with Gasteiger partial charge in [-0.15, -0.1) is 0 Å². The zero-order valence-electron chi connectivity index (χ0n) is 28.0. The van der Waals surface area contributed by atoms with Crippen molar-refractivity contribution in [3.05, 3.63) is 41.6 Å². The first-order valence-corrected chi connectivity index (χ1v) is 22.4. The van der Waals surface area contributed by atoms with Crippen LogP contribution in [0.15, 0.2) is 35.5 Å². The first-order chi connectivity index (χ1) is 19.9. The van der Waals surface area contributed by atoms with Gasteiger partial charge in [0.05, 0.1) is 0 Å². The lowest BCUT2D eigenvalue weighted by atomic mass is 9.69. The standard InChI is InChI=1S/C32H50N4O4SSi2/c1-30(2,3)42(8,9)38-22-32(20-16-13-17-21-32)24-25(27(37)39-23-18-14-12-15-19-23)35-36-26(24)33-28(41-7)34-29(36)40-43(10,11)31(4,5)6/h12,14-15,18-19H,13,16-17,20-22H2,1-11H3. The van der Waals surface area contributed by atoms with Crippen molar-refractivity contribution in [1.29, 1.82) is 0 Å². The van der Waals surface area contributed by atoms with E-state index >= 15 is 0 Å². The quantitative estimate of drug-likeness (QED) is 0.0992. The Balaban J connectivity index is 1.97. The summed E-state index contributed by atoms with van der Waals surface area (Å²) in [5.41, 5.74) is 1.22. The number of ether oxygens (including phenoxy) is 1. The largest absolute Gasteiger partial charge is 0.517 e. The lowest BCUT2D eigenvalue weighted by molar-refractivity contribution is 0.0721. The van der Waals surface area contributed by atoms with Gasteiger partial charge in [0.15, 0.2) is 24.8 Å². The van der Waals surface area contributed by atoms with E-state index in [1.807, 2.05) is 24.5 Å². The number of hydrogen-bond donors (Lipinski definition) is 0. The van der Waals surface area contributed by atoms with Crippen molar-refractivity contribution >= 4 is 40.0 Å². The van der Waals surface area contributed by atoms with Gasteiger partial charge in [-0.1, -0.05) is 90.8 Å². The van der Waals surface area contributed by atoms with Crippen molar-refractivity contribution in [1.82, 2.24) is 19.6 Å². The second-order valence-electron chi connectivity index (χ2n) is 14.9. The molecule has 0 N–H and O–H groups in total. The van der Waals surface area contributed by atoms with Crippen molar-refractivity contribution in [2.75, 3.05) is 12.9 Å². The van der Waals surface area contributed by atoms with Gasteiger partial charge in [-0.05, 0) is 67.5 Å². The molecule has 2 heterocycles. The number of benzene rings is 1. The highest BCUT2D eigenvalue weighted by Crippen LogP contribution is 2.46. The molecule has 1 aliphatic rings. The molecule has 0 aliphatic heterocycles. The van der Waals surface area contributed by atoms with Crippen LogP contribution in [0.5, 0.6) is 11.8 Å². The molecule has 1 aliphatic carbocycles. The Kier molecular flexibility index (Phi) is 9.62. The van der Waals surface area contributed by atoms with E-state index in [1.54, 1.807) is 16.6 Å². The molecule has 0 radical (unpaired) electrons. The van der Waals surface area contributed by atoms with E-state index in [2.05, 4.69) is 67.7 Å². The van der Waals surface area contributed by atoms with E-state index in [-0.39, 0.29) is 15.8 Å². The molecule has 43 heavy (non-hydrogen) atoms. The zero-order chi connectivity index (χ0) is 31.8. The molecule has 0 atom stereocenters. The molecule has 2 aromatic heterocycles. The minimum Gasteiger partial charge on any atom is -0.517 e. The van der Waals surface area contributed by atoms with Crippen LogP contribution in [0.1, 0.15) is 89.7 Å². The summed E-state index contributed by atoms with van der Waals surface area (Å²) in [5.74, 6) is -0.0349. The highest BCUT2D eigenvalue weighted by atomic mass is 32.2. The fourth-order valence-electron chi connectivity index (χ4n) is 4.93. The Labute approximate surface area is 264 Å². The number of rotatable bonds is 9. The van der Waals surface area contributed by atoms with Crippen molar-refractivity contribution in [2.24, 2.45) is 0 Å². The molecule has 1 fully saturated rings. The van der Waals surface area contributed by atoms with Crippen molar-refractivity contribution in [3.8, 4) is 11.8 Å².